The number of benzene rings is 1. The van der Waals surface area contributed by atoms with Gasteiger partial charge in [0.25, 0.3) is 5.91 Å². The molecular formula is C24H30N2O2. The highest BCUT2D eigenvalue weighted by atomic mass is 16.5. The molecule has 1 aromatic heterocycles. The third kappa shape index (κ3) is 4.99. The van der Waals surface area contributed by atoms with Crippen LogP contribution in [0.15, 0.2) is 42.7 Å². The monoisotopic (exact) mass is 378 g/mol. The molecule has 2 aliphatic rings. The lowest BCUT2D eigenvalue weighted by Gasteiger charge is -2.32. The van der Waals surface area contributed by atoms with Crippen molar-refractivity contribution in [2.45, 2.75) is 45.6 Å². The van der Waals surface area contributed by atoms with Crippen molar-refractivity contribution in [2.24, 2.45) is 11.8 Å². The molecule has 2 heterocycles. The number of piperidine rings is 1. The molecule has 148 valence electrons. The number of hydrogen-bond acceptors (Lipinski definition) is 3. The zero-order valence-electron chi connectivity index (χ0n) is 16.8. The fraction of sp³-hybridized carbons (Fsp3) is 0.500. The first-order valence-electron chi connectivity index (χ1n) is 10.5. The van der Waals surface area contributed by atoms with Crippen LogP contribution in [0.4, 0.5) is 0 Å². The first-order chi connectivity index (χ1) is 13.7. The first-order valence-corrected chi connectivity index (χ1v) is 10.5. The van der Waals surface area contributed by atoms with E-state index in [1.54, 1.807) is 12.4 Å². The molecule has 4 heteroatoms. The number of aryl methyl sites for hydroxylation is 1. The molecule has 0 atom stereocenters. The van der Waals surface area contributed by atoms with Crippen molar-refractivity contribution in [2.75, 3.05) is 19.7 Å². The number of ether oxygens (including phenoxy) is 1. The van der Waals surface area contributed by atoms with Gasteiger partial charge in [0.05, 0.1) is 12.2 Å². The average molecular weight is 379 g/mol. The number of carbonyl (C=O) groups excluding carboxylic acids is 1. The lowest BCUT2D eigenvalue weighted by atomic mass is 9.89. The van der Waals surface area contributed by atoms with E-state index in [9.17, 15) is 4.79 Å². The Balaban J connectivity index is 1.23. The van der Waals surface area contributed by atoms with Crippen LogP contribution in [-0.4, -0.2) is 35.5 Å². The van der Waals surface area contributed by atoms with Gasteiger partial charge in [-0.2, -0.15) is 0 Å². The van der Waals surface area contributed by atoms with Crippen molar-refractivity contribution >= 4 is 5.91 Å². The molecule has 0 N–H and O–H groups in total. The normalized spacial score (nSPS) is 17.7. The number of nitrogens with zero attached hydrogens (tertiary/aromatic N) is 2. The number of carbonyl (C=O) groups is 1. The van der Waals surface area contributed by atoms with Crippen LogP contribution in [0.3, 0.4) is 0 Å². The summed E-state index contributed by atoms with van der Waals surface area (Å²) in [5.74, 6) is 1.59. The molecule has 1 aliphatic carbocycles. The Morgan fingerprint density at radius 3 is 2.43 bits per heavy atom. The van der Waals surface area contributed by atoms with Crippen LogP contribution in [0.5, 0.6) is 0 Å². The highest BCUT2D eigenvalue weighted by Gasteiger charge is 2.25. The van der Waals surface area contributed by atoms with Crippen molar-refractivity contribution in [3.05, 3.63) is 65.0 Å². The van der Waals surface area contributed by atoms with Gasteiger partial charge in [-0.3, -0.25) is 9.78 Å². The second-order valence-corrected chi connectivity index (χ2v) is 8.41. The maximum atomic E-state index is 12.7. The van der Waals surface area contributed by atoms with Gasteiger partial charge in [-0.25, -0.2) is 0 Å². The maximum Gasteiger partial charge on any atom is 0.255 e. The fourth-order valence-electron chi connectivity index (χ4n) is 3.93. The Morgan fingerprint density at radius 1 is 1.04 bits per heavy atom. The van der Waals surface area contributed by atoms with E-state index in [1.165, 1.54) is 24.0 Å². The minimum Gasteiger partial charge on any atom is -0.376 e. The molecule has 0 radical (unpaired) electrons. The van der Waals surface area contributed by atoms with Gasteiger partial charge < -0.3 is 9.64 Å². The Kier molecular flexibility index (Phi) is 6.06. The molecule has 0 spiro atoms. The molecule has 2 aromatic rings. The van der Waals surface area contributed by atoms with Gasteiger partial charge in [0.2, 0.25) is 0 Å². The zero-order chi connectivity index (χ0) is 19.3. The summed E-state index contributed by atoms with van der Waals surface area (Å²) in [6, 6.07) is 10.8. The van der Waals surface area contributed by atoms with Gasteiger partial charge in [-0.05, 0) is 73.6 Å². The fourth-order valence-corrected chi connectivity index (χ4v) is 3.93. The Morgan fingerprint density at radius 2 is 1.75 bits per heavy atom. The number of aromatic nitrogens is 1. The van der Waals surface area contributed by atoms with Gasteiger partial charge in [0, 0.05) is 32.1 Å². The largest absolute Gasteiger partial charge is 0.376 e. The molecule has 0 unspecified atom stereocenters. The van der Waals surface area contributed by atoms with Crippen LogP contribution in [0.25, 0.3) is 0 Å². The van der Waals surface area contributed by atoms with Crippen molar-refractivity contribution in [3.63, 3.8) is 0 Å². The lowest BCUT2D eigenvalue weighted by Crippen LogP contribution is -2.39. The maximum absolute atomic E-state index is 12.7. The summed E-state index contributed by atoms with van der Waals surface area (Å²) in [6.45, 7) is 5.29. The molecule has 2 fully saturated rings. The summed E-state index contributed by atoms with van der Waals surface area (Å²) >= 11 is 0. The summed E-state index contributed by atoms with van der Waals surface area (Å²) < 4.78 is 5.77. The standard InChI is InChI=1S/C24H30N2O2/c1-18-8-11-25-15-23(18)24(27)26-12-9-20(10-13-26)14-19-2-4-21(5-3-19)16-28-17-22-6-7-22/h2-5,8,11,15,20,22H,6-7,9-10,12-14,16-17H2,1H3. The number of hydrogen-bond donors (Lipinski definition) is 0. The summed E-state index contributed by atoms with van der Waals surface area (Å²) in [4.78, 5) is 18.8. The highest BCUT2D eigenvalue weighted by Crippen LogP contribution is 2.29. The average Bonchev–Trinajstić information content (AvgIpc) is 3.54. The van der Waals surface area contributed by atoms with Crippen LogP contribution >= 0.6 is 0 Å². The van der Waals surface area contributed by atoms with Gasteiger partial charge in [0.1, 0.15) is 0 Å². The van der Waals surface area contributed by atoms with E-state index in [0.29, 0.717) is 5.92 Å². The van der Waals surface area contributed by atoms with Crippen LogP contribution in [0.1, 0.15) is 52.7 Å². The van der Waals surface area contributed by atoms with Crippen LogP contribution < -0.4 is 0 Å². The van der Waals surface area contributed by atoms with Gasteiger partial charge in [-0.15, -0.1) is 0 Å². The van der Waals surface area contributed by atoms with Crippen LogP contribution in [-0.2, 0) is 17.8 Å². The van der Waals surface area contributed by atoms with E-state index in [1.807, 2.05) is 17.9 Å². The molecule has 1 saturated carbocycles. The lowest BCUT2D eigenvalue weighted by molar-refractivity contribution is 0.0689. The first kappa shape index (κ1) is 19.1. The predicted octanol–water partition coefficient (Wildman–Crippen LogP) is 4.41. The highest BCUT2D eigenvalue weighted by molar-refractivity contribution is 5.95. The van der Waals surface area contributed by atoms with Crippen LogP contribution in [0.2, 0.25) is 0 Å². The van der Waals surface area contributed by atoms with E-state index in [-0.39, 0.29) is 5.91 Å². The predicted molar refractivity (Wildman–Crippen MR) is 110 cm³/mol. The number of pyridine rings is 1. The van der Waals surface area contributed by atoms with Crippen molar-refractivity contribution in [1.29, 1.82) is 0 Å². The third-order valence-corrected chi connectivity index (χ3v) is 6.04. The van der Waals surface area contributed by atoms with Crippen molar-refractivity contribution in [3.8, 4) is 0 Å². The Hall–Kier alpha value is -2.20. The third-order valence-electron chi connectivity index (χ3n) is 6.04. The second kappa shape index (κ2) is 8.87. The topological polar surface area (TPSA) is 42.4 Å². The molecule has 1 aliphatic heterocycles. The van der Waals surface area contributed by atoms with E-state index >= 15 is 0 Å². The zero-order valence-corrected chi connectivity index (χ0v) is 16.8. The quantitative estimate of drug-likeness (QED) is 0.717. The molecular weight excluding hydrogens is 348 g/mol. The summed E-state index contributed by atoms with van der Waals surface area (Å²) in [6.07, 6.45) is 9.34. The number of amides is 1. The molecule has 1 saturated heterocycles. The Bertz CT molecular complexity index is 791. The summed E-state index contributed by atoms with van der Waals surface area (Å²) in [7, 11) is 0. The van der Waals surface area contributed by atoms with E-state index in [2.05, 4.69) is 29.2 Å². The van der Waals surface area contributed by atoms with Gasteiger partial charge in [0.15, 0.2) is 0 Å². The van der Waals surface area contributed by atoms with Crippen molar-refractivity contribution in [1.82, 2.24) is 9.88 Å². The van der Waals surface area contributed by atoms with E-state index in [0.717, 1.165) is 62.6 Å². The van der Waals surface area contributed by atoms with Gasteiger partial charge >= 0.3 is 0 Å². The summed E-state index contributed by atoms with van der Waals surface area (Å²) in [5, 5.41) is 0. The van der Waals surface area contributed by atoms with E-state index in [4.69, 9.17) is 4.74 Å². The molecule has 0 bridgehead atoms. The molecule has 1 aromatic carbocycles. The van der Waals surface area contributed by atoms with E-state index < -0.39 is 0 Å². The smallest absolute Gasteiger partial charge is 0.255 e. The Labute approximate surface area is 167 Å². The molecule has 4 rings (SSSR count). The molecule has 1 amide bonds. The molecule has 28 heavy (non-hydrogen) atoms. The molecule has 4 nitrogen and oxygen atoms in total. The van der Waals surface area contributed by atoms with Gasteiger partial charge in [-0.1, -0.05) is 24.3 Å². The minimum absolute atomic E-state index is 0.125. The van der Waals surface area contributed by atoms with Crippen LogP contribution in [0, 0.1) is 18.8 Å². The number of likely N-dealkylation sites (tertiary alicyclic amines) is 1. The number of rotatable bonds is 7. The SMILES string of the molecule is Cc1ccncc1C(=O)N1CCC(Cc2ccc(COCC3CC3)cc2)CC1. The summed E-state index contributed by atoms with van der Waals surface area (Å²) in [5.41, 5.74) is 4.39. The van der Waals surface area contributed by atoms with Crippen molar-refractivity contribution < 1.29 is 9.53 Å². The minimum atomic E-state index is 0.125. The second-order valence-electron chi connectivity index (χ2n) is 8.41.